The minimum Gasteiger partial charge on any atom is -0.444 e. The van der Waals surface area contributed by atoms with Gasteiger partial charge in [0, 0.05) is 0 Å². The summed E-state index contributed by atoms with van der Waals surface area (Å²) in [5.74, 6) is 0. The van der Waals surface area contributed by atoms with Crippen LogP contribution in [0.15, 0.2) is 0 Å². The Balaban J connectivity index is 2.24. The molecule has 1 heterocycles. The molecule has 1 amide bonds. The zero-order chi connectivity index (χ0) is 10.1. The maximum Gasteiger partial charge on any atom is 0.407 e. The fourth-order valence-electron chi connectivity index (χ4n) is 0.931. The largest absolute Gasteiger partial charge is 0.444 e. The summed E-state index contributed by atoms with van der Waals surface area (Å²) in [4.78, 5) is 11.2. The second-order valence-electron chi connectivity index (χ2n) is 4.31. The zero-order valence-corrected chi connectivity index (χ0v) is 8.59. The van der Waals surface area contributed by atoms with Crippen molar-refractivity contribution in [1.82, 2.24) is 5.32 Å². The number of hydrogen-bond acceptors (Lipinski definition) is 3. The predicted molar refractivity (Wildman–Crippen MR) is 48.6 cm³/mol. The molecule has 1 rings (SSSR count). The summed E-state index contributed by atoms with van der Waals surface area (Å²) in [6.07, 6.45) is -0.206. The van der Waals surface area contributed by atoms with E-state index in [-0.39, 0.29) is 18.2 Å². The average molecular weight is 187 g/mol. The van der Waals surface area contributed by atoms with Gasteiger partial charge in [0.2, 0.25) is 0 Å². The van der Waals surface area contributed by atoms with Gasteiger partial charge in [0.15, 0.2) is 0 Å². The number of alkyl carbamates (subject to hydrolysis) is 1. The molecule has 4 nitrogen and oxygen atoms in total. The lowest BCUT2D eigenvalue weighted by Gasteiger charge is -2.21. The van der Waals surface area contributed by atoms with Crippen LogP contribution in [0.25, 0.3) is 0 Å². The van der Waals surface area contributed by atoms with E-state index in [1.807, 2.05) is 27.7 Å². The van der Waals surface area contributed by atoms with Crippen LogP contribution in [-0.2, 0) is 9.47 Å². The molecular weight excluding hydrogens is 170 g/mol. The Labute approximate surface area is 78.6 Å². The summed E-state index contributed by atoms with van der Waals surface area (Å²) in [5, 5.41) is 2.71. The van der Waals surface area contributed by atoms with E-state index in [2.05, 4.69) is 5.32 Å². The zero-order valence-electron chi connectivity index (χ0n) is 8.59. The highest BCUT2D eigenvalue weighted by Gasteiger charge is 2.31. The van der Waals surface area contributed by atoms with Gasteiger partial charge in [-0.25, -0.2) is 4.79 Å². The second-order valence-corrected chi connectivity index (χ2v) is 4.31. The van der Waals surface area contributed by atoms with Crippen LogP contribution in [0, 0.1) is 0 Å². The van der Waals surface area contributed by atoms with Crippen molar-refractivity contribution >= 4 is 6.09 Å². The first kappa shape index (κ1) is 10.3. The molecule has 1 aliphatic heterocycles. The standard InChI is InChI=1S/C9H17NO3/c1-6(7-5-12-7)10-8(11)13-9(2,3)4/h6-7H,5H2,1-4H3,(H,10,11)/t6-,7-/m0/s1. The van der Waals surface area contributed by atoms with Gasteiger partial charge in [0.25, 0.3) is 0 Å². The van der Waals surface area contributed by atoms with Crippen LogP contribution in [0.1, 0.15) is 27.7 Å². The highest BCUT2D eigenvalue weighted by Crippen LogP contribution is 2.14. The van der Waals surface area contributed by atoms with E-state index in [9.17, 15) is 4.79 Å². The van der Waals surface area contributed by atoms with Crippen LogP contribution < -0.4 is 5.32 Å². The van der Waals surface area contributed by atoms with E-state index in [1.54, 1.807) is 0 Å². The van der Waals surface area contributed by atoms with Crippen molar-refractivity contribution in [2.45, 2.75) is 45.4 Å². The Bertz CT molecular complexity index is 194. The molecule has 13 heavy (non-hydrogen) atoms. The van der Waals surface area contributed by atoms with Gasteiger partial charge in [0.05, 0.1) is 12.6 Å². The molecule has 76 valence electrons. The molecule has 0 aliphatic carbocycles. The topological polar surface area (TPSA) is 50.9 Å². The van der Waals surface area contributed by atoms with E-state index < -0.39 is 5.60 Å². The van der Waals surface area contributed by atoms with E-state index in [0.717, 1.165) is 6.61 Å². The van der Waals surface area contributed by atoms with E-state index >= 15 is 0 Å². The first-order chi connectivity index (χ1) is 5.88. The number of carbonyl (C=O) groups is 1. The van der Waals surface area contributed by atoms with Crippen LogP contribution in [0.5, 0.6) is 0 Å². The molecule has 2 atom stereocenters. The first-order valence-corrected chi connectivity index (χ1v) is 4.49. The molecule has 0 aromatic heterocycles. The summed E-state index contributed by atoms with van der Waals surface area (Å²) in [7, 11) is 0. The lowest BCUT2D eigenvalue weighted by Crippen LogP contribution is -2.40. The van der Waals surface area contributed by atoms with Crippen LogP contribution in [0.3, 0.4) is 0 Å². The molecular formula is C9H17NO3. The third-order valence-electron chi connectivity index (χ3n) is 1.66. The van der Waals surface area contributed by atoms with Gasteiger partial charge >= 0.3 is 6.09 Å². The summed E-state index contributed by atoms with van der Waals surface area (Å²) in [5.41, 5.74) is -0.436. The van der Waals surface area contributed by atoms with Crippen LogP contribution in [0.4, 0.5) is 4.79 Å². The van der Waals surface area contributed by atoms with E-state index in [0.29, 0.717) is 0 Å². The highest BCUT2D eigenvalue weighted by molar-refractivity contribution is 5.68. The van der Waals surface area contributed by atoms with Crippen LogP contribution >= 0.6 is 0 Å². The molecule has 1 aliphatic rings. The van der Waals surface area contributed by atoms with Crippen molar-refractivity contribution in [3.05, 3.63) is 0 Å². The number of nitrogens with one attached hydrogen (secondary N) is 1. The Morgan fingerprint density at radius 1 is 1.62 bits per heavy atom. The van der Waals surface area contributed by atoms with E-state index in [1.165, 1.54) is 0 Å². The molecule has 0 radical (unpaired) electrons. The Hall–Kier alpha value is -0.770. The minimum atomic E-state index is -0.436. The molecule has 0 aromatic rings. The van der Waals surface area contributed by atoms with Gasteiger partial charge in [-0.15, -0.1) is 0 Å². The molecule has 0 saturated carbocycles. The number of epoxide rings is 1. The minimum absolute atomic E-state index is 0.0369. The van der Waals surface area contributed by atoms with Gasteiger partial charge in [0.1, 0.15) is 11.7 Å². The fraction of sp³-hybridized carbons (Fsp3) is 0.889. The highest BCUT2D eigenvalue weighted by atomic mass is 16.6. The van der Waals surface area contributed by atoms with Gasteiger partial charge in [-0.1, -0.05) is 0 Å². The second kappa shape index (κ2) is 3.54. The third kappa shape index (κ3) is 4.12. The number of amides is 1. The van der Waals surface area contributed by atoms with Crippen molar-refractivity contribution in [2.75, 3.05) is 6.61 Å². The molecule has 1 saturated heterocycles. The molecule has 1 fully saturated rings. The van der Waals surface area contributed by atoms with E-state index in [4.69, 9.17) is 9.47 Å². The molecule has 0 bridgehead atoms. The maximum absolute atomic E-state index is 11.2. The van der Waals surface area contributed by atoms with Crippen molar-refractivity contribution in [3.8, 4) is 0 Å². The summed E-state index contributed by atoms with van der Waals surface area (Å²) in [6.45, 7) is 8.15. The van der Waals surface area contributed by atoms with Crippen LogP contribution in [0.2, 0.25) is 0 Å². The lowest BCUT2D eigenvalue weighted by molar-refractivity contribution is 0.0500. The lowest BCUT2D eigenvalue weighted by atomic mass is 10.2. The van der Waals surface area contributed by atoms with Crippen molar-refractivity contribution in [1.29, 1.82) is 0 Å². The predicted octanol–water partition coefficient (Wildman–Crippen LogP) is 1.30. The summed E-state index contributed by atoms with van der Waals surface area (Å²) < 4.78 is 10.1. The van der Waals surface area contributed by atoms with Crippen molar-refractivity contribution in [3.63, 3.8) is 0 Å². The van der Waals surface area contributed by atoms with Crippen molar-refractivity contribution in [2.24, 2.45) is 0 Å². The Morgan fingerprint density at radius 3 is 2.54 bits per heavy atom. The number of carbonyl (C=O) groups excluding carboxylic acids is 1. The molecule has 4 heteroatoms. The molecule has 1 N–H and O–H groups in total. The molecule has 0 spiro atoms. The Morgan fingerprint density at radius 2 is 2.15 bits per heavy atom. The van der Waals surface area contributed by atoms with Crippen molar-refractivity contribution < 1.29 is 14.3 Å². The SMILES string of the molecule is C[C@H](NC(=O)OC(C)(C)C)[C@@H]1CO1. The average Bonchev–Trinajstić information content (AvgIpc) is 2.60. The normalized spacial score (nSPS) is 23.5. The van der Waals surface area contributed by atoms with Gasteiger partial charge in [-0.05, 0) is 27.7 Å². The smallest absolute Gasteiger partial charge is 0.407 e. The number of hydrogen-bond donors (Lipinski definition) is 1. The van der Waals surface area contributed by atoms with Crippen LogP contribution in [-0.4, -0.2) is 30.4 Å². The summed E-state index contributed by atoms with van der Waals surface area (Å²) in [6, 6.07) is 0.0369. The monoisotopic (exact) mass is 187 g/mol. The third-order valence-corrected chi connectivity index (χ3v) is 1.66. The fourth-order valence-corrected chi connectivity index (χ4v) is 0.931. The number of rotatable bonds is 2. The molecule has 0 aromatic carbocycles. The first-order valence-electron chi connectivity index (χ1n) is 4.49. The van der Waals surface area contributed by atoms with Gasteiger partial charge < -0.3 is 14.8 Å². The quantitative estimate of drug-likeness (QED) is 0.663. The van der Waals surface area contributed by atoms with Gasteiger partial charge in [-0.3, -0.25) is 0 Å². The Kier molecular flexibility index (Phi) is 2.81. The maximum atomic E-state index is 11.2. The van der Waals surface area contributed by atoms with Gasteiger partial charge in [-0.2, -0.15) is 0 Å². The summed E-state index contributed by atoms with van der Waals surface area (Å²) >= 11 is 0. The number of ether oxygens (including phenoxy) is 2. The molecule has 0 unspecified atom stereocenters.